The van der Waals surface area contributed by atoms with Gasteiger partial charge in [0, 0.05) is 12.4 Å². The van der Waals surface area contributed by atoms with Crippen molar-refractivity contribution in [2.45, 2.75) is 12.1 Å². The van der Waals surface area contributed by atoms with Gasteiger partial charge in [-0.1, -0.05) is 17.7 Å². The maximum Gasteiger partial charge on any atom is 0.187 e. The minimum absolute atomic E-state index is 0.784. The summed E-state index contributed by atoms with van der Waals surface area (Å²) in [6.45, 7) is 1.79. The van der Waals surface area contributed by atoms with Gasteiger partial charge < -0.3 is 0 Å². The molecule has 0 spiro atoms. The first-order valence-corrected chi connectivity index (χ1v) is 4.38. The Hall–Kier alpha value is -1.01. The lowest BCUT2D eigenvalue weighted by molar-refractivity contribution is 0.964. The molecule has 1 aromatic heterocycles. The molecule has 1 heterocycles. The first-order chi connectivity index (χ1) is 5.36. The number of aromatic nitrogens is 2. The summed E-state index contributed by atoms with van der Waals surface area (Å²) in [7, 11) is 0. The van der Waals surface area contributed by atoms with Crippen molar-refractivity contribution in [2.24, 2.45) is 0 Å². The molecule has 0 saturated heterocycles. The average molecular weight is 164 g/mol. The molecule has 0 unspecified atom stereocenters. The average Bonchev–Trinajstić information content (AvgIpc) is 2.07. The zero-order valence-electron chi connectivity index (χ0n) is 6.46. The normalized spacial score (nSPS) is 8.55. The number of hydrogen-bond acceptors (Lipinski definition) is 3. The summed E-state index contributed by atoms with van der Waals surface area (Å²) in [4.78, 5) is 8.13. The molecule has 1 rings (SSSR count). The number of nitrogens with zero attached hydrogens (tertiary/aromatic N) is 2. The Kier molecular flexibility index (Phi) is 2.94. The van der Waals surface area contributed by atoms with Crippen LogP contribution < -0.4 is 0 Å². The van der Waals surface area contributed by atoms with Crippen LogP contribution in [0.5, 0.6) is 0 Å². The van der Waals surface area contributed by atoms with Gasteiger partial charge in [-0.15, -0.1) is 5.92 Å². The minimum Gasteiger partial charge on any atom is -0.230 e. The van der Waals surface area contributed by atoms with Crippen LogP contribution in [0.25, 0.3) is 0 Å². The molecule has 0 aliphatic rings. The van der Waals surface area contributed by atoms with Crippen molar-refractivity contribution in [1.82, 2.24) is 9.97 Å². The summed E-state index contributed by atoms with van der Waals surface area (Å²) in [5.74, 6) is 5.66. The van der Waals surface area contributed by atoms with Gasteiger partial charge in [0.1, 0.15) is 0 Å². The molecule has 0 aliphatic heterocycles. The summed E-state index contributed by atoms with van der Waals surface area (Å²) in [5.41, 5.74) is 0.866. The quantitative estimate of drug-likeness (QED) is 0.358. The third kappa shape index (κ3) is 2.24. The van der Waals surface area contributed by atoms with Crippen LogP contribution in [0.15, 0.2) is 17.6 Å². The molecule has 3 heteroatoms. The second kappa shape index (κ2) is 3.99. The van der Waals surface area contributed by atoms with Crippen LogP contribution in [0.2, 0.25) is 0 Å². The SMILES string of the molecule is CC#Cc1cnc(SC)nc1. The molecule has 1 aromatic rings. The van der Waals surface area contributed by atoms with Crippen LogP contribution in [-0.2, 0) is 0 Å². The fourth-order valence-electron chi connectivity index (χ4n) is 0.630. The lowest BCUT2D eigenvalue weighted by atomic mass is 10.3. The van der Waals surface area contributed by atoms with Crippen molar-refractivity contribution in [2.75, 3.05) is 6.26 Å². The van der Waals surface area contributed by atoms with Gasteiger partial charge in [0.15, 0.2) is 5.16 Å². The van der Waals surface area contributed by atoms with E-state index in [1.165, 1.54) is 11.8 Å². The zero-order chi connectivity index (χ0) is 8.10. The van der Waals surface area contributed by atoms with Crippen LogP contribution in [0.1, 0.15) is 12.5 Å². The molecular weight excluding hydrogens is 156 g/mol. The van der Waals surface area contributed by atoms with Gasteiger partial charge in [-0.2, -0.15) is 0 Å². The Morgan fingerprint density at radius 3 is 2.45 bits per heavy atom. The highest BCUT2D eigenvalue weighted by Crippen LogP contribution is 2.05. The highest BCUT2D eigenvalue weighted by molar-refractivity contribution is 7.98. The first-order valence-electron chi connectivity index (χ1n) is 3.15. The van der Waals surface area contributed by atoms with Gasteiger partial charge >= 0.3 is 0 Å². The van der Waals surface area contributed by atoms with Crippen LogP contribution in [0.4, 0.5) is 0 Å². The predicted molar refractivity (Wildman–Crippen MR) is 46.4 cm³/mol. The van der Waals surface area contributed by atoms with Crippen LogP contribution in [-0.4, -0.2) is 16.2 Å². The topological polar surface area (TPSA) is 25.8 Å². The van der Waals surface area contributed by atoms with Crippen molar-refractivity contribution in [3.63, 3.8) is 0 Å². The van der Waals surface area contributed by atoms with Crippen LogP contribution >= 0.6 is 11.8 Å². The smallest absolute Gasteiger partial charge is 0.187 e. The summed E-state index contributed by atoms with van der Waals surface area (Å²) >= 11 is 1.53. The molecule has 0 amide bonds. The van der Waals surface area contributed by atoms with E-state index in [1.807, 2.05) is 6.26 Å². The van der Waals surface area contributed by atoms with Crippen molar-refractivity contribution in [3.05, 3.63) is 18.0 Å². The zero-order valence-corrected chi connectivity index (χ0v) is 7.27. The van der Waals surface area contributed by atoms with Crippen LogP contribution in [0.3, 0.4) is 0 Å². The van der Waals surface area contributed by atoms with Crippen molar-refractivity contribution < 1.29 is 0 Å². The van der Waals surface area contributed by atoms with Gasteiger partial charge in [0.25, 0.3) is 0 Å². The maximum absolute atomic E-state index is 4.07. The van der Waals surface area contributed by atoms with E-state index in [1.54, 1.807) is 19.3 Å². The summed E-state index contributed by atoms with van der Waals surface area (Å²) in [5, 5.41) is 0.784. The first kappa shape index (κ1) is 8.09. The van der Waals surface area contributed by atoms with Gasteiger partial charge in [-0.3, -0.25) is 0 Å². The van der Waals surface area contributed by atoms with E-state index in [4.69, 9.17) is 0 Å². The highest BCUT2D eigenvalue weighted by atomic mass is 32.2. The van der Waals surface area contributed by atoms with E-state index < -0.39 is 0 Å². The van der Waals surface area contributed by atoms with Crippen molar-refractivity contribution >= 4 is 11.8 Å². The van der Waals surface area contributed by atoms with E-state index in [2.05, 4.69) is 21.8 Å². The Labute approximate surface area is 70.5 Å². The summed E-state index contributed by atoms with van der Waals surface area (Å²) in [6, 6.07) is 0. The Morgan fingerprint density at radius 1 is 1.36 bits per heavy atom. The number of rotatable bonds is 1. The standard InChI is InChI=1S/C8H8N2S/c1-3-4-7-5-9-8(11-2)10-6-7/h5-6H,1-2H3. The molecule has 0 aliphatic carbocycles. The van der Waals surface area contributed by atoms with Gasteiger partial charge in [-0.05, 0) is 13.2 Å². The number of thioether (sulfide) groups is 1. The minimum atomic E-state index is 0.784. The molecule has 56 valence electrons. The molecule has 0 bridgehead atoms. The van der Waals surface area contributed by atoms with Crippen molar-refractivity contribution in [3.8, 4) is 11.8 Å². The van der Waals surface area contributed by atoms with E-state index in [-0.39, 0.29) is 0 Å². The molecule has 11 heavy (non-hydrogen) atoms. The Morgan fingerprint density at radius 2 is 2.00 bits per heavy atom. The molecular formula is C8H8N2S. The fraction of sp³-hybridized carbons (Fsp3) is 0.250. The maximum atomic E-state index is 4.07. The molecule has 0 aromatic carbocycles. The predicted octanol–water partition coefficient (Wildman–Crippen LogP) is 1.57. The monoisotopic (exact) mass is 164 g/mol. The summed E-state index contributed by atoms with van der Waals surface area (Å²) in [6.07, 6.45) is 5.41. The highest BCUT2D eigenvalue weighted by Gasteiger charge is 1.91. The van der Waals surface area contributed by atoms with Gasteiger partial charge in [0.05, 0.1) is 5.56 Å². The molecule has 0 radical (unpaired) electrons. The Balaban J connectivity index is 2.88. The van der Waals surface area contributed by atoms with Crippen molar-refractivity contribution in [1.29, 1.82) is 0 Å². The largest absolute Gasteiger partial charge is 0.230 e. The lowest BCUT2D eigenvalue weighted by Crippen LogP contribution is -1.85. The van der Waals surface area contributed by atoms with Crippen LogP contribution in [0, 0.1) is 11.8 Å². The number of hydrogen-bond donors (Lipinski definition) is 0. The van der Waals surface area contributed by atoms with E-state index in [9.17, 15) is 0 Å². The van der Waals surface area contributed by atoms with E-state index in [0.717, 1.165) is 10.7 Å². The molecule has 0 atom stereocenters. The van der Waals surface area contributed by atoms with Gasteiger partial charge in [-0.25, -0.2) is 9.97 Å². The third-order valence-electron chi connectivity index (χ3n) is 1.08. The van der Waals surface area contributed by atoms with E-state index >= 15 is 0 Å². The molecule has 2 nitrogen and oxygen atoms in total. The Bertz CT molecular complexity index is 281. The molecule has 0 N–H and O–H groups in total. The van der Waals surface area contributed by atoms with Gasteiger partial charge in [0.2, 0.25) is 0 Å². The fourth-order valence-corrected chi connectivity index (χ4v) is 0.947. The van der Waals surface area contributed by atoms with E-state index in [0.29, 0.717) is 0 Å². The second-order valence-corrected chi connectivity index (χ2v) is 2.61. The second-order valence-electron chi connectivity index (χ2n) is 1.83. The lowest BCUT2D eigenvalue weighted by Gasteiger charge is -1.91. The third-order valence-corrected chi connectivity index (χ3v) is 1.66. The summed E-state index contributed by atoms with van der Waals surface area (Å²) < 4.78 is 0. The molecule has 0 fully saturated rings. The molecule has 0 saturated carbocycles.